The molecule has 3 aromatic heterocycles. The summed E-state index contributed by atoms with van der Waals surface area (Å²) in [6, 6.07) is 21.8. The normalized spacial score (nSPS) is 17.4. The van der Waals surface area contributed by atoms with Gasteiger partial charge in [0.15, 0.2) is 0 Å². The number of benzene rings is 3. The number of carbonyl (C=O) groups is 6. The molecule has 0 bridgehead atoms. The minimum Gasteiger partial charge on any atom is -0.477 e. The maximum absolute atomic E-state index is 12.7. The minimum atomic E-state index is -4.64. The lowest BCUT2D eigenvalue weighted by Gasteiger charge is -2.21. The Labute approximate surface area is 446 Å². The minimum absolute atomic E-state index is 0.00951. The number of aromatic amines is 3. The second-order valence-electron chi connectivity index (χ2n) is 20.0. The SMILES string of the molecule is CC(C)(C)OC(=O)C[C@@H]1CCN(C(=O)c2cc3cc(Cl)ccc3[nH]2)C1.CC(C)(C)OC(=O)N[C@@H]1CCNC1.N[C@@H]1CCN(C(=O)c2cc3cc(Cl)ccc3[nH]2)C1.O=C(O)c1cc2cc(Cl)ccc2[nH]1.O=CC(F)(F)F. The number of nitrogens with one attached hydrogen (secondary N) is 5. The third-order valence-corrected chi connectivity index (χ3v) is 12.0. The van der Waals surface area contributed by atoms with E-state index >= 15 is 0 Å². The highest BCUT2D eigenvalue weighted by Crippen LogP contribution is 2.27. The van der Waals surface area contributed by atoms with Crippen LogP contribution in [0.2, 0.25) is 15.1 Å². The number of hydrogen-bond acceptors (Lipinski definition) is 10. The number of halogens is 6. The molecule has 406 valence electrons. The van der Waals surface area contributed by atoms with E-state index in [1.807, 2.05) is 77.9 Å². The molecule has 0 spiro atoms. The quantitative estimate of drug-likeness (QED) is 0.0611. The van der Waals surface area contributed by atoms with Crippen LogP contribution in [-0.2, 0) is 19.1 Å². The van der Waals surface area contributed by atoms with Gasteiger partial charge in [-0.2, -0.15) is 13.2 Å². The highest BCUT2D eigenvalue weighted by molar-refractivity contribution is 6.32. The zero-order chi connectivity index (χ0) is 55.4. The van der Waals surface area contributed by atoms with E-state index in [2.05, 4.69) is 25.6 Å². The summed E-state index contributed by atoms with van der Waals surface area (Å²) in [4.78, 5) is 80.1. The van der Waals surface area contributed by atoms with Crippen LogP contribution in [0.4, 0.5) is 18.0 Å². The molecule has 9 rings (SSSR count). The molecule has 6 aromatic rings. The topological polar surface area (TPSA) is 245 Å². The number of ether oxygens (including phenoxy) is 2. The molecule has 0 aliphatic carbocycles. The van der Waals surface area contributed by atoms with Gasteiger partial charge >= 0.3 is 24.2 Å². The van der Waals surface area contributed by atoms with E-state index in [9.17, 15) is 37.1 Å². The maximum Gasteiger partial charge on any atom is 0.446 e. The number of aldehydes is 1. The third kappa shape index (κ3) is 19.4. The Morgan fingerprint density at radius 3 is 1.53 bits per heavy atom. The summed E-state index contributed by atoms with van der Waals surface area (Å²) in [5.41, 5.74) is 8.85. The van der Waals surface area contributed by atoms with Gasteiger partial charge in [-0.1, -0.05) is 34.8 Å². The monoisotopic (exact) mass is 1100 g/mol. The number of esters is 1. The molecule has 23 heteroatoms. The Bertz CT molecular complexity index is 2960. The average Bonchev–Trinajstić information content (AvgIpc) is 4.18. The highest BCUT2D eigenvalue weighted by atomic mass is 35.5. The van der Waals surface area contributed by atoms with Crippen molar-refractivity contribution in [3.05, 3.63) is 105 Å². The fourth-order valence-corrected chi connectivity index (χ4v) is 8.56. The number of nitrogens with zero attached hydrogens (tertiary/aromatic N) is 2. The molecule has 3 fully saturated rings. The number of alkyl halides is 3. The molecule has 3 aliphatic heterocycles. The van der Waals surface area contributed by atoms with Crippen LogP contribution in [0.15, 0.2) is 72.8 Å². The number of nitrogens with two attached hydrogens (primary N) is 1. The van der Waals surface area contributed by atoms with Gasteiger partial charge in [-0.15, -0.1) is 0 Å². The number of aromatic carboxylic acids is 1. The summed E-state index contributed by atoms with van der Waals surface area (Å²) in [5.74, 6) is -1.05. The molecule has 3 saturated heterocycles. The average molecular weight is 1110 g/mol. The molecule has 8 N–H and O–H groups in total. The second kappa shape index (κ2) is 26.0. The first-order valence-electron chi connectivity index (χ1n) is 23.9. The second-order valence-corrected chi connectivity index (χ2v) is 21.3. The Morgan fingerprint density at radius 1 is 0.693 bits per heavy atom. The van der Waals surface area contributed by atoms with E-state index in [1.54, 1.807) is 46.2 Å². The molecular weight excluding hydrogens is 1040 g/mol. The molecule has 3 amide bonds. The van der Waals surface area contributed by atoms with Crippen LogP contribution >= 0.6 is 34.8 Å². The van der Waals surface area contributed by atoms with Crippen molar-refractivity contribution in [1.29, 1.82) is 0 Å². The van der Waals surface area contributed by atoms with E-state index in [0.29, 0.717) is 52.5 Å². The van der Waals surface area contributed by atoms with Crippen LogP contribution in [0.3, 0.4) is 0 Å². The molecule has 0 saturated carbocycles. The van der Waals surface area contributed by atoms with E-state index in [-0.39, 0.29) is 47.6 Å². The number of carbonyl (C=O) groups excluding carboxylic acids is 5. The predicted octanol–water partition coefficient (Wildman–Crippen LogP) is 10.1. The van der Waals surface area contributed by atoms with Crippen molar-refractivity contribution in [2.45, 2.75) is 96.7 Å². The number of fused-ring (bicyclic) bond motifs is 3. The molecular formula is C52H62Cl3F3N8O9. The molecule has 3 aromatic carbocycles. The number of alkyl carbamates (subject to hydrolysis) is 1. The third-order valence-electron chi connectivity index (χ3n) is 11.3. The molecule has 0 unspecified atom stereocenters. The van der Waals surface area contributed by atoms with Crippen molar-refractivity contribution >= 4 is 104 Å². The van der Waals surface area contributed by atoms with Crippen LogP contribution in [0.1, 0.15) is 98.7 Å². The lowest BCUT2D eigenvalue weighted by atomic mass is 10.1. The lowest BCUT2D eigenvalue weighted by Crippen LogP contribution is -2.40. The van der Waals surface area contributed by atoms with Crippen LogP contribution in [0, 0.1) is 5.92 Å². The van der Waals surface area contributed by atoms with Crippen molar-refractivity contribution < 1.29 is 56.5 Å². The predicted molar refractivity (Wildman–Crippen MR) is 283 cm³/mol. The Hall–Kier alpha value is -6.32. The number of likely N-dealkylation sites (tertiary alicyclic amines) is 2. The first-order chi connectivity index (χ1) is 35.0. The van der Waals surface area contributed by atoms with Crippen molar-refractivity contribution in [3.8, 4) is 0 Å². The summed E-state index contributed by atoms with van der Waals surface area (Å²) in [5, 5.41) is 19.3. The maximum atomic E-state index is 12.7. The van der Waals surface area contributed by atoms with Crippen molar-refractivity contribution in [2.75, 3.05) is 39.3 Å². The van der Waals surface area contributed by atoms with Gasteiger partial charge in [0.25, 0.3) is 11.8 Å². The van der Waals surface area contributed by atoms with Gasteiger partial charge in [-0.3, -0.25) is 19.2 Å². The zero-order valence-corrected chi connectivity index (χ0v) is 44.5. The largest absolute Gasteiger partial charge is 0.477 e. The van der Waals surface area contributed by atoms with Gasteiger partial charge in [0, 0.05) is 92.6 Å². The lowest BCUT2D eigenvalue weighted by molar-refractivity contribution is -0.156. The van der Waals surface area contributed by atoms with Crippen LogP contribution in [-0.4, -0.2) is 135 Å². The molecule has 75 heavy (non-hydrogen) atoms. The Morgan fingerprint density at radius 2 is 1.13 bits per heavy atom. The van der Waals surface area contributed by atoms with E-state index in [1.165, 1.54) is 0 Å². The molecule has 0 radical (unpaired) electrons. The van der Waals surface area contributed by atoms with Gasteiger partial charge in [-0.05, 0) is 146 Å². The summed E-state index contributed by atoms with van der Waals surface area (Å²) >= 11 is 17.7. The van der Waals surface area contributed by atoms with Gasteiger partial charge in [0.05, 0.1) is 6.42 Å². The fraction of sp³-hybridized carbons (Fsp3) is 0.423. The smallest absolute Gasteiger partial charge is 0.446 e. The van der Waals surface area contributed by atoms with E-state index in [4.69, 9.17) is 59.9 Å². The molecule has 6 heterocycles. The van der Waals surface area contributed by atoms with E-state index in [0.717, 1.165) is 71.6 Å². The number of amides is 3. The van der Waals surface area contributed by atoms with Crippen molar-refractivity contribution in [3.63, 3.8) is 0 Å². The number of rotatable bonds is 6. The van der Waals surface area contributed by atoms with Crippen molar-refractivity contribution in [2.24, 2.45) is 11.7 Å². The fourth-order valence-electron chi connectivity index (χ4n) is 8.02. The van der Waals surface area contributed by atoms with Gasteiger partial charge < -0.3 is 55.7 Å². The Kier molecular flexibility index (Phi) is 20.6. The van der Waals surface area contributed by atoms with Crippen LogP contribution in [0.5, 0.6) is 0 Å². The first-order valence-corrected chi connectivity index (χ1v) is 25.1. The summed E-state index contributed by atoms with van der Waals surface area (Å²) in [6.45, 7) is 15.6. The Balaban J connectivity index is 0.000000184. The van der Waals surface area contributed by atoms with E-state index < -0.39 is 29.6 Å². The number of aromatic nitrogens is 3. The van der Waals surface area contributed by atoms with Crippen LogP contribution in [0.25, 0.3) is 32.7 Å². The number of H-pyrrole nitrogens is 3. The standard InChI is InChI=1S/C19H23ClN2O3.C13H14ClN3O.C9H6ClNO2.C9H18N2O2.C2HF3O/c1-19(2,3)25-17(23)8-12-6-7-22(11-12)18(24)16-10-13-9-14(20)4-5-15(13)21-16;14-9-1-2-11-8(5-9)6-12(16-11)13(18)17-4-3-10(15)7-17;10-6-1-2-7-5(3-6)4-8(11-7)9(12)13;1-9(2,3)13-8(12)11-7-4-5-10-6-7;3-2(4,5)1-6/h4-5,9-10,12,21H,6-8,11H2,1-3H3;1-2,5-6,10,16H,3-4,7,15H2;1-4,11H,(H,12,13);7,10H,4-6H2,1-3H3,(H,11,12);1H/t12-;10-;;7-;/m01.1./s1. The number of hydrogen-bond donors (Lipinski definition) is 7. The molecule has 3 aliphatic rings. The van der Waals surface area contributed by atoms with Crippen molar-refractivity contribution in [1.82, 2.24) is 35.4 Å². The van der Waals surface area contributed by atoms with Crippen LogP contribution < -0.4 is 16.4 Å². The number of carboxylic acid groups (broad SMARTS) is 1. The first kappa shape index (κ1) is 59.6. The zero-order valence-electron chi connectivity index (χ0n) is 42.3. The van der Waals surface area contributed by atoms with Gasteiger partial charge in [-0.25, -0.2) is 9.59 Å². The highest BCUT2D eigenvalue weighted by Gasteiger charge is 2.31. The summed E-state index contributed by atoms with van der Waals surface area (Å²) in [6.07, 6.45) is -2.99. The van der Waals surface area contributed by atoms with Gasteiger partial charge in [0.2, 0.25) is 6.29 Å². The summed E-state index contributed by atoms with van der Waals surface area (Å²) in [7, 11) is 0. The summed E-state index contributed by atoms with van der Waals surface area (Å²) < 4.78 is 41.7. The molecule has 17 nitrogen and oxygen atoms in total. The number of carboxylic acids is 1. The van der Waals surface area contributed by atoms with Gasteiger partial charge in [0.1, 0.15) is 28.3 Å². The molecule has 3 atom stereocenters.